The van der Waals surface area contributed by atoms with Gasteiger partial charge in [0.25, 0.3) is 0 Å². The van der Waals surface area contributed by atoms with Crippen molar-refractivity contribution in [1.82, 2.24) is 0 Å². The van der Waals surface area contributed by atoms with Crippen LogP contribution in [-0.4, -0.2) is 17.5 Å². The smallest absolute Gasteiger partial charge is 0.419 e. The third kappa shape index (κ3) is 2.90. The normalized spacial score (nSPS) is 14.0. The zero-order chi connectivity index (χ0) is 10.8. The van der Waals surface area contributed by atoms with E-state index in [1.54, 1.807) is 0 Å². The van der Waals surface area contributed by atoms with Gasteiger partial charge in [-0.05, 0) is 17.7 Å². The number of phenolic OH excluding ortho intramolecular Hbond substituents is 1. The van der Waals surface area contributed by atoms with Gasteiger partial charge in [0.1, 0.15) is 5.75 Å². The fourth-order valence-electron chi connectivity index (χ4n) is 1.01. The van der Waals surface area contributed by atoms with Crippen molar-refractivity contribution in [3.63, 3.8) is 0 Å². The van der Waals surface area contributed by atoms with E-state index in [0.717, 1.165) is 6.07 Å². The van der Waals surface area contributed by atoms with Crippen LogP contribution in [0.4, 0.5) is 17.6 Å². The van der Waals surface area contributed by atoms with Gasteiger partial charge in [-0.3, -0.25) is 0 Å². The molecule has 14 heavy (non-hydrogen) atoms. The number of hydrogen-bond donors (Lipinski definition) is 1. The highest BCUT2D eigenvalue weighted by atomic mass is 19.4. The highest BCUT2D eigenvalue weighted by Gasteiger charge is 2.39. The van der Waals surface area contributed by atoms with Crippen LogP contribution in [0.3, 0.4) is 0 Å². The fraction of sp³-hybridized carbons (Fsp3) is 0.333. The topological polar surface area (TPSA) is 20.2 Å². The van der Waals surface area contributed by atoms with E-state index in [0.29, 0.717) is 0 Å². The molecule has 0 spiro atoms. The molecule has 0 aliphatic heterocycles. The quantitative estimate of drug-likeness (QED) is 0.741. The predicted octanol–water partition coefficient (Wildman–Crippen LogP) is 2.84. The van der Waals surface area contributed by atoms with E-state index in [-0.39, 0.29) is 11.3 Å². The SMILES string of the molecule is Oc1cccc(CC(F)C(F)(F)F)c1. The average molecular weight is 208 g/mol. The Balaban J connectivity index is 2.70. The average Bonchev–Trinajstić information content (AvgIpc) is 2.02. The van der Waals surface area contributed by atoms with Gasteiger partial charge in [-0.25, -0.2) is 4.39 Å². The first-order valence-corrected chi connectivity index (χ1v) is 3.88. The first kappa shape index (κ1) is 10.8. The number of alkyl halides is 4. The highest BCUT2D eigenvalue weighted by Crippen LogP contribution is 2.26. The molecule has 0 saturated carbocycles. The summed E-state index contributed by atoms with van der Waals surface area (Å²) in [6.07, 6.45) is -8.49. The summed E-state index contributed by atoms with van der Waals surface area (Å²) >= 11 is 0. The van der Waals surface area contributed by atoms with Crippen LogP contribution < -0.4 is 0 Å². The Hall–Kier alpha value is -1.26. The summed E-state index contributed by atoms with van der Waals surface area (Å²) in [5, 5.41) is 8.93. The van der Waals surface area contributed by atoms with Crippen LogP contribution in [0.1, 0.15) is 5.56 Å². The zero-order valence-corrected chi connectivity index (χ0v) is 7.05. The van der Waals surface area contributed by atoms with Crippen molar-refractivity contribution in [2.75, 3.05) is 0 Å². The molecule has 1 N–H and O–H groups in total. The minimum absolute atomic E-state index is 0.120. The molecule has 0 radical (unpaired) electrons. The molecule has 0 fully saturated rings. The van der Waals surface area contributed by atoms with E-state index < -0.39 is 18.8 Å². The van der Waals surface area contributed by atoms with E-state index in [1.165, 1.54) is 18.2 Å². The van der Waals surface area contributed by atoms with Crippen LogP contribution in [0.15, 0.2) is 24.3 Å². The minimum Gasteiger partial charge on any atom is -0.508 e. The molecule has 1 rings (SSSR count). The molecular formula is C9H8F4O. The van der Waals surface area contributed by atoms with Gasteiger partial charge in [-0.1, -0.05) is 12.1 Å². The summed E-state index contributed by atoms with van der Waals surface area (Å²) in [5.74, 6) is -0.170. The lowest BCUT2D eigenvalue weighted by molar-refractivity contribution is -0.179. The van der Waals surface area contributed by atoms with Crippen molar-refractivity contribution in [3.05, 3.63) is 29.8 Å². The maximum Gasteiger partial charge on any atom is 0.419 e. The Labute approximate surface area is 78.0 Å². The van der Waals surface area contributed by atoms with Crippen molar-refractivity contribution >= 4 is 0 Å². The molecule has 0 saturated heterocycles. The molecule has 5 heteroatoms. The van der Waals surface area contributed by atoms with Gasteiger partial charge in [-0.15, -0.1) is 0 Å². The summed E-state index contributed by atoms with van der Waals surface area (Å²) in [6, 6.07) is 5.12. The van der Waals surface area contributed by atoms with E-state index in [4.69, 9.17) is 5.11 Å². The summed E-state index contributed by atoms with van der Waals surface area (Å²) in [7, 11) is 0. The Kier molecular flexibility index (Phi) is 2.98. The van der Waals surface area contributed by atoms with Crippen molar-refractivity contribution in [3.8, 4) is 5.75 Å². The number of halogens is 4. The standard InChI is InChI=1S/C9H8F4O/c10-8(9(11,12)13)5-6-2-1-3-7(14)4-6/h1-4,8,14H,5H2. The van der Waals surface area contributed by atoms with Crippen molar-refractivity contribution < 1.29 is 22.7 Å². The van der Waals surface area contributed by atoms with Gasteiger partial charge in [0.05, 0.1) is 0 Å². The molecule has 0 amide bonds. The molecule has 0 aromatic heterocycles. The lowest BCUT2D eigenvalue weighted by Crippen LogP contribution is -2.26. The third-order valence-electron chi connectivity index (χ3n) is 1.68. The third-order valence-corrected chi connectivity index (χ3v) is 1.68. The summed E-state index contributed by atoms with van der Waals surface area (Å²) in [6.45, 7) is 0. The van der Waals surface area contributed by atoms with Crippen LogP contribution in [-0.2, 0) is 6.42 Å². The van der Waals surface area contributed by atoms with Crippen LogP contribution >= 0.6 is 0 Å². The van der Waals surface area contributed by atoms with E-state index >= 15 is 0 Å². The maximum absolute atomic E-state index is 12.5. The number of rotatable bonds is 2. The van der Waals surface area contributed by atoms with Crippen LogP contribution in [0.2, 0.25) is 0 Å². The lowest BCUT2D eigenvalue weighted by Gasteiger charge is -2.11. The second-order valence-electron chi connectivity index (χ2n) is 2.88. The van der Waals surface area contributed by atoms with Crippen LogP contribution in [0.5, 0.6) is 5.75 Å². The van der Waals surface area contributed by atoms with Crippen molar-refractivity contribution in [2.45, 2.75) is 18.8 Å². The molecule has 1 aromatic carbocycles. The van der Waals surface area contributed by atoms with Gasteiger partial charge >= 0.3 is 6.18 Å². The fourth-order valence-corrected chi connectivity index (χ4v) is 1.01. The van der Waals surface area contributed by atoms with E-state index in [2.05, 4.69) is 0 Å². The molecule has 0 aliphatic rings. The molecule has 1 nitrogen and oxygen atoms in total. The van der Waals surface area contributed by atoms with Crippen LogP contribution in [0.25, 0.3) is 0 Å². The van der Waals surface area contributed by atoms with Crippen LogP contribution in [0, 0.1) is 0 Å². The Morgan fingerprint density at radius 3 is 2.43 bits per heavy atom. The molecule has 0 heterocycles. The van der Waals surface area contributed by atoms with Crippen molar-refractivity contribution in [1.29, 1.82) is 0 Å². The van der Waals surface area contributed by atoms with E-state index in [9.17, 15) is 17.6 Å². The zero-order valence-electron chi connectivity index (χ0n) is 7.05. The summed E-state index contributed by atoms with van der Waals surface area (Å²) in [5.41, 5.74) is 0.120. The Morgan fingerprint density at radius 2 is 1.93 bits per heavy atom. The molecule has 0 bridgehead atoms. The Bertz CT molecular complexity index is 308. The Morgan fingerprint density at radius 1 is 1.29 bits per heavy atom. The number of aromatic hydroxyl groups is 1. The van der Waals surface area contributed by atoms with Gasteiger partial charge in [0, 0.05) is 6.42 Å². The molecule has 1 unspecified atom stereocenters. The van der Waals surface area contributed by atoms with Gasteiger partial charge in [0.2, 0.25) is 0 Å². The number of phenols is 1. The molecule has 78 valence electrons. The lowest BCUT2D eigenvalue weighted by atomic mass is 10.1. The molecule has 1 aromatic rings. The largest absolute Gasteiger partial charge is 0.508 e. The number of benzene rings is 1. The van der Waals surface area contributed by atoms with E-state index in [1.807, 2.05) is 0 Å². The molecule has 1 atom stereocenters. The summed E-state index contributed by atoms with van der Waals surface area (Å²) < 4.78 is 47.9. The monoisotopic (exact) mass is 208 g/mol. The van der Waals surface area contributed by atoms with Gasteiger partial charge in [0.15, 0.2) is 6.17 Å². The maximum atomic E-state index is 12.5. The van der Waals surface area contributed by atoms with Gasteiger partial charge < -0.3 is 5.11 Å². The first-order valence-electron chi connectivity index (χ1n) is 3.88. The molecular weight excluding hydrogens is 200 g/mol. The first-order chi connectivity index (χ1) is 6.39. The van der Waals surface area contributed by atoms with Gasteiger partial charge in [-0.2, -0.15) is 13.2 Å². The summed E-state index contributed by atoms with van der Waals surface area (Å²) in [4.78, 5) is 0. The van der Waals surface area contributed by atoms with Crippen molar-refractivity contribution in [2.24, 2.45) is 0 Å². The molecule has 0 aliphatic carbocycles. The second kappa shape index (κ2) is 3.86. The highest BCUT2D eigenvalue weighted by molar-refractivity contribution is 5.27. The minimum atomic E-state index is -4.84. The number of hydrogen-bond acceptors (Lipinski definition) is 1. The second-order valence-corrected chi connectivity index (χ2v) is 2.88. The predicted molar refractivity (Wildman–Crippen MR) is 42.8 cm³/mol.